The molecule has 0 saturated carbocycles. The van der Waals surface area contributed by atoms with Crippen LogP contribution in [0.15, 0.2) is 0 Å². The van der Waals surface area contributed by atoms with Crippen LogP contribution in [-0.4, -0.2) is 11.1 Å². The molecule has 0 radical (unpaired) electrons. The average Bonchev–Trinajstić information content (AvgIpc) is 1.65. The predicted molar refractivity (Wildman–Crippen MR) is 35.9 cm³/mol. The van der Waals surface area contributed by atoms with E-state index < -0.39 is 5.97 Å². The summed E-state index contributed by atoms with van der Waals surface area (Å²) in [5, 5.41) is 22.1. The molecule has 0 heterocycles. The van der Waals surface area contributed by atoms with Crippen molar-refractivity contribution in [3.63, 3.8) is 0 Å². The quantitative estimate of drug-likeness (QED) is 0.549. The molecule has 56 valence electrons. The van der Waals surface area contributed by atoms with E-state index in [0.29, 0.717) is 0 Å². The molecule has 4 heteroatoms. The highest BCUT2D eigenvalue weighted by Crippen LogP contribution is 1.42. The summed E-state index contributed by atoms with van der Waals surface area (Å²) in [5.74, 6) is -0.833. The fourth-order valence-electron chi connectivity index (χ4n) is 0. The van der Waals surface area contributed by atoms with E-state index in [2.05, 4.69) is 0 Å². The molecule has 0 atom stereocenters. The number of rotatable bonds is 0. The second-order valence-corrected chi connectivity index (χ2v) is 0.966. The van der Waals surface area contributed by atoms with Crippen LogP contribution in [0.1, 0.15) is 20.8 Å². The normalized spacial score (nSPS) is 4.10. The molecular formula is C6H10N2O2. The van der Waals surface area contributed by atoms with Crippen molar-refractivity contribution in [3.05, 3.63) is 0 Å². The number of hydrogen-bond donors (Lipinski definition) is 1. The molecular weight excluding hydrogens is 132 g/mol. The van der Waals surface area contributed by atoms with Crippen LogP contribution in [-0.2, 0) is 4.79 Å². The van der Waals surface area contributed by atoms with E-state index in [-0.39, 0.29) is 0 Å². The number of nitriles is 2. The Kier molecular flexibility index (Phi) is 41.1. The molecule has 0 aromatic heterocycles. The lowest BCUT2D eigenvalue weighted by Crippen LogP contribution is -1.78. The fraction of sp³-hybridized carbons (Fsp3) is 0.500. The Balaban J connectivity index is -0.0000000750. The third-order valence-corrected chi connectivity index (χ3v) is 0. The van der Waals surface area contributed by atoms with Crippen LogP contribution in [0, 0.1) is 22.7 Å². The van der Waals surface area contributed by atoms with E-state index in [0.717, 1.165) is 6.92 Å². The Hall–Kier alpha value is -1.55. The second-order valence-electron chi connectivity index (χ2n) is 0.966. The summed E-state index contributed by atoms with van der Waals surface area (Å²) in [7, 11) is 0. The first-order valence-corrected chi connectivity index (χ1v) is 2.37. The highest BCUT2D eigenvalue weighted by molar-refractivity contribution is 5.62. The van der Waals surface area contributed by atoms with Gasteiger partial charge in [0.15, 0.2) is 0 Å². The van der Waals surface area contributed by atoms with Gasteiger partial charge >= 0.3 is 0 Å². The first kappa shape index (κ1) is 15.8. The third-order valence-electron chi connectivity index (χ3n) is 0. The monoisotopic (exact) mass is 142 g/mol. The number of carboxylic acid groups (broad SMARTS) is 1. The van der Waals surface area contributed by atoms with Gasteiger partial charge in [-0.05, 0) is 0 Å². The van der Waals surface area contributed by atoms with Crippen molar-refractivity contribution in [1.82, 2.24) is 0 Å². The SMILES string of the molecule is CC#N.CC#N.CC(=O)O. The lowest BCUT2D eigenvalue weighted by Gasteiger charge is -1.59. The molecule has 0 spiro atoms. The van der Waals surface area contributed by atoms with Gasteiger partial charge in [-0.2, -0.15) is 10.5 Å². The van der Waals surface area contributed by atoms with Gasteiger partial charge in [0.2, 0.25) is 0 Å². The topological polar surface area (TPSA) is 84.9 Å². The van der Waals surface area contributed by atoms with Gasteiger partial charge in [0.1, 0.15) is 0 Å². The van der Waals surface area contributed by atoms with Crippen LogP contribution in [0.25, 0.3) is 0 Å². The van der Waals surface area contributed by atoms with E-state index in [4.69, 9.17) is 20.4 Å². The average molecular weight is 142 g/mol. The van der Waals surface area contributed by atoms with E-state index in [9.17, 15) is 0 Å². The van der Waals surface area contributed by atoms with Gasteiger partial charge in [0.05, 0.1) is 12.1 Å². The molecule has 0 aliphatic carbocycles. The van der Waals surface area contributed by atoms with Crippen LogP contribution in [0.2, 0.25) is 0 Å². The molecule has 1 N–H and O–H groups in total. The van der Waals surface area contributed by atoms with Gasteiger partial charge in [-0.3, -0.25) is 4.79 Å². The first-order chi connectivity index (χ1) is 4.56. The Morgan fingerprint density at radius 3 is 1.30 bits per heavy atom. The summed E-state index contributed by atoms with van der Waals surface area (Å²) in [4.78, 5) is 9.00. The van der Waals surface area contributed by atoms with Gasteiger partial charge in [-0.15, -0.1) is 0 Å². The lowest BCUT2D eigenvalue weighted by molar-refractivity contribution is -0.134. The molecule has 0 aromatic rings. The smallest absolute Gasteiger partial charge is 0.300 e. The van der Waals surface area contributed by atoms with Gasteiger partial charge in [-0.1, -0.05) is 0 Å². The highest BCUT2D eigenvalue weighted by atomic mass is 16.4. The maximum absolute atomic E-state index is 9.00. The number of aliphatic carboxylic acids is 1. The largest absolute Gasteiger partial charge is 0.481 e. The number of hydrogen-bond acceptors (Lipinski definition) is 3. The number of carbonyl (C=O) groups is 1. The fourth-order valence-corrected chi connectivity index (χ4v) is 0. The lowest BCUT2D eigenvalue weighted by atomic mass is 10.9. The Morgan fingerprint density at radius 2 is 1.30 bits per heavy atom. The van der Waals surface area contributed by atoms with Crippen molar-refractivity contribution in [2.45, 2.75) is 20.8 Å². The standard InChI is InChI=1S/2C2H3N.C2H4O2/c2*1-2-3;1-2(3)4/h2*1H3;1H3,(H,3,4). The summed E-state index contributed by atoms with van der Waals surface area (Å²) in [6, 6.07) is 3.50. The molecule has 0 unspecified atom stereocenters. The van der Waals surface area contributed by atoms with Crippen LogP contribution < -0.4 is 0 Å². The Labute approximate surface area is 60.3 Å². The summed E-state index contributed by atoms with van der Waals surface area (Å²) >= 11 is 0. The number of carboxylic acids is 1. The molecule has 10 heavy (non-hydrogen) atoms. The van der Waals surface area contributed by atoms with E-state index in [1.54, 1.807) is 12.1 Å². The molecule has 0 aromatic carbocycles. The van der Waals surface area contributed by atoms with E-state index in [1.165, 1.54) is 13.8 Å². The Bertz CT molecular complexity index is 125. The molecule has 0 rings (SSSR count). The van der Waals surface area contributed by atoms with Crippen LogP contribution >= 0.6 is 0 Å². The van der Waals surface area contributed by atoms with Crippen LogP contribution in [0.5, 0.6) is 0 Å². The van der Waals surface area contributed by atoms with Crippen molar-refractivity contribution < 1.29 is 9.90 Å². The van der Waals surface area contributed by atoms with E-state index >= 15 is 0 Å². The molecule has 0 aliphatic rings. The summed E-state index contributed by atoms with van der Waals surface area (Å²) in [6.45, 7) is 3.94. The zero-order valence-corrected chi connectivity index (χ0v) is 6.25. The molecule has 0 fully saturated rings. The predicted octanol–water partition coefficient (Wildman–Crippen LogP) is 1.15. The minimum absolute atomic E-state index is 0.833. The van der Waals surface area contributed by atoms with Gasteiger partial charge < -0.3 is 5.11 Å². The van der Waals surface area contributed by atoms with Crippen molar-refractivity contribution in [2.24, 2.45) is 0 Å². The van der Waals surface area contributed by atoms with Gasteiger partial charge in [0.25, 0.3) is 5.97 Å². The van der Waals surface area contributed by atoms with Crippen molar-refractivity contribution in [1.29, 1.82) is 10.5 Å². The zero-order chi connectivity index (χ0) is 8.99. The number of nitrogens with zero attached hydrogens (tertiary/aromatic N) is 2. The zero-order valence-electron chi connectivity index (χ0n) is 6.25. The molecule has 0 bridgehead atoms. The van der Waals surface area contributed by atoms with E-state index in [1.807, 2.05) is 0 Å². The molecule has 0 aliphatic heterocycles. The molecule has 0 amide bonds. The van der Waals surface area contributed by atoms with Crippen molar-refractivity contribution in [2.75, 3.05) is 0 Å². The maximum Gasteiger partial charge on any atom is 0.300 e. The molecule has 0 saturated heterocycles. The Morgan fingerprint density at radius 1 is 1.30 bits per heavy atom. The summed E-state index contributed by atoms with van der Waals surface area (Å²) in [6.07, 6.45) is 0. The molecule has 4 nitrogen and oxygen atoms in total. The second kappa shape index (κ2) is 26.0. The van der Waals surface area contributed by atoms with Crippen LogP contribution in [0.4, 0.5) is 0 Å². The van der Waals surface area contributed by atoms with Crippen molar-refractivity contribution >= 4 is 5.97 Å². The van der Waals surface area contributed by atoms with Gasteiger partial charge in [0, 0.05) is 20.8 Å². The van der Waals surface area contributed by atoms with Gasteiger partial charge in [-0.25, -0.2) is 0 Å². The van der Waals surface area contributed by atoms with Crippen LogP contribution in [0.3, 0.4) is 0 Å². The first-order valence-electron chi connectivity index (χ1n) is 2.37. The minimum atomic E-state index is -0.833. The summed E-state index contributed by atoms with van der Waals surface area (Å²) in [5.41, 5.74) is 0. The third kappa shape index (κ3) is 79.7. The summed E-state index contributed by atoms with van der Waals surface area (Å²) < 4.78 is 0. The van der Waals surface area contributed by atoms with Crippen molar-refractivity contribution in [3.8, 4) is 12.1 Å². The maximum atomic E-state index is 9.00. The highest BCUT2D eigenvalue weighted by Gasteiger charge is 1.65. The minimum Gasteiger partial charge on any atom is -0.481 e.